The fourth-order valence-corrected chi connectivity index (χ4v) is 4.83. The van der Waals surface area contributed by atoms with Crippen molar-refractivity contribution in [3.8, 4) is 0 Å². The van der Waals surface area contributed by atoms with Gasteiger partial charge in [-0.15, -0.1) is 0 Å². The lowest BCUT2D eigenvalue weighted by Crippen LogP contribution is -2.31. The molecule has 0 spiro atoms. The zero-order chi connectivity index (χ0) is 17.1. The average molecular weight is 357 g/mol. The normalized spacial score (nSPS) is 21.9. The number of nitrogens with zero attached hydrogens (tertiary/aromatic N) is 2. The maximum Gasteiger partial charge on any atom is 0.416 e. The van der Waals surface area contributed by atoms with Crippen molar-refractivity contribution in [1.82, 2.24) is 14.5 Å². The lowest BCUT2D eigenvalue weighted by molar-refractivity contribution is -0.137. The van der Waals surface area contributed by atoms with Crippen LogP contribution in [0.4, 0.5) is 13.2 Å². The van der Waals surface area contributed by atoms with Gasteiger partial charge in [0.1, 0.15) is 0 Å². The maximum absolute atomic E-state index is 12.9. The van der Waals surface area contributed by atoms with Gasteiger partial charge in [0.25, 0.3) is 0 Å². The number of benzene rings is 1. The molecular formula is C15H14F3N3O2S. The summed E-state index contributed by atoms with van der Waals surface area (Å²) in [4.78, 5) is -0.126. The molecule has 0 amide bonds. The van der Waals surface area contributed by atoms with E-state index in [-0.39, 0.29) is 23.4 Å². The molecule has 1 atom stereocenters. The van der Waals surface area contributed by atoms with Crippen LogP contribution in [0.3, 0.4) is 0 Å². The molecule has 0 radical (unpaired) electrons. The van der Waals surface area contributed by atoms with Gasteiger partial charge in [0, 0.05) is 5.56 Å². The number of nitrogens with one attached hydrogen (secondary N) is 1. The Hall–Kier alpha value is -1.87. The Labute approximate surface area is 136 Å². The van der Waals surface area contributed by atoms with Crippen LogP contribution in [0.2, 0.25) is 0 Å². The van der Waals surface area contributed by atoms with Gasteiger partial charge in [0.05, 0.1) is 34.9 Å². The van der Waals surface area contributed by atoms with E-state index in [1.807, 2.05) is 0 Å². The zero-order valence-electron chi connectivity index (χ0n) is 12.4. The van der Waals surface area contributed by atoms with Crippen LogP contribution in [0.15, 0.2) is 35.4 Å². The number of sulfonamides is 1. The monoisotopic (exact) mass is 357 g/mol. The van der Waals surface area contributed by atoms with E-state index in [1.165, 1.54) is 4.31 Å². The first-order valence-corrected chi connectivity index (χ1v) is 8.94. The number of hydrogen-bond acceptors (Lipinski definition) is 3. The Morgan fingerprint density at radius 1 is 1.17 bits per heavy atom. The van der Waals surface area contributed by atoms with Crippen LogP contribution in [0.25, 0.3) is 0 Å². The minimum absolute atomic E-state index is 0.126. The summed E-state index contributed by atoms with van der Waals surface area (Å²) in [6, 6.07) is 3.36. The van der Waals surface area contributed by atoms with E-state index in [4.69, 9.17) is 0 Å². The SMILES string of the molecule is O=S(=O)(c1ccc(C(F)(F)F)cc1)N1Cc2[nH]ncc2C1C1CC1. The molecule has 128 valence electrons. The van der Waals surface area contributed by atoms with Crippen LogP contribution in [0.5, 0.6) is 0 Å². The molecule has 9 heteroatoms. The maximum atomic E-state index is 12.9. The molecule has 1 fully saturated rings. The van der Waals surface area contributed by atoms with Gasteiger partial charge in [-0.3, -0.25) is 5.10 Å². The minimum atomic E-state index is -4.49. The van der Waals surface area contributed by atoms with Gasteiger partial charge in [-0.05, 0) is 43.0 Å². The predicted octanol–water partition coefficient (Wildman–Crippen LogP) is 3.08. The summed E-state index contributed by atoms with van der Waals surface area (Å²) in [5, 5.41) is 6.77. The van der Waals surface area contributed by atoms with E-state index < -0.39 is 21.8 Å². The second-order valence-electron chi connectivity index (χ2n) is 6.16. The average Bonchev–Trinajstić information content (AvgIpc) is 3.13. The van der Waals surface area contributed by atoms with Crippen LogP contribution in [-0.4, -0.2) is 22.9 Å². The van der Waals surface area contributed by atoms with E-state index in [0.717, 1.165) is 48.4 Å². The number of aromatic amines is 1. The van der Waals surface area contributed by atoms with Crippen molar-refractivity contribution in [2.24, 2.45) is 5.92 Å². The van der Waals surface area contributed by atoms with Crippen LogP contribution >= 0.6 is 0 Å². The van der Waals surface area contributed by atoms with Crippen molar-refractivity contribution in [2.75, 3.05) is 0 Å². The van der Waals surface area contributed by atoms with Crippen molar-refractivity contribution in [1.29, 1.82) is 0 Å². The highest BCUT2D eigenvalue weighted by molar-refractivity contribution is 7.89. The summed E-state index contributed by atoms with van der Waals surface area (Å²) in [5.74, 6) is 0.244. The molecule has 1 unspecified atom stereocenters. The molecule has 2 aliphatic rings. The second kappa shape index (κ2) is 5.06. The molecule has 1 aliphatic carbocycles. The number of H-pyrrole nitrogens is 1. The summed E-state index contributed by atoms with van der Waals surface area (Å²) < 4.78 is 65.2. The first-order valence-electron chi connectivity index (χ1n) is 7.50. The summed E-state index contributed by atoms with van der Waals surface area (Å²) in [6.45, 7) is 0.167. The Kier molecular flexibility index (Phi) is 3.30. The zero-order valence-corrected chi connectivity index (χ0v) is 13.2. The Morgan fingerprint density at radius 3 is 2.42 bits per heavy atom. The first-order chi connectivity index (χ1) is 11.3. The molecule has 2 aromatic rings. The molecule has 24 heavy (non-hydrogen) atoms. The largest absolute Gasteiger partial charge is 0.416 e. The molecule has 1 saturated carbocycles. The molecule has 1 N–H and O–H groups in total. The lowest BCUT2D eigenvalue weighted by Gasteiger charge is -2.24. The Bertz CT molecular complexity index is 870. The summed E-state index contributed by atoms with van der Waals surface area (Å²) in [7, 11) is -3.87. The van der Waals surface area contributed by atoms with E-state index in [1.54, 1.807) is 6.20 Å². The number of alkyl halides is 3. The van der Waals surface area contributed by atoms with E-state index in [0.29, 0.717) is 0 Å². The Morgan fingerprint density at radius 2 is 1.83 bits per heavy atom. The molecule has 2 heterocycles. The van der Waals surface area contributed by atoms with Gasteiger partial charge < -0.3 is 0 Å². The fourth-order valence-electron chi connectivity index (χ4n) is 3.20. The van der Waals surface area contributed by atoms with Crippen molar-refractivity contribution in [3.63, 3.8) is 0 Å². The predicted molar refractivity (Wildman–Crippen MR) is 78.2 cm³/mol. The minimum Gasteiger partial charge on any atom is -0.281 e. The van der Waals surface area contributed by atoms with Crippen molar-refractivity contribution >= 4 is 10.0 Å². The molecular weight excluding hydrogens is 343 g/mol. The smallest absolute Gasteiger partial charge is 0.281 e. The molecule has 0 saturated heterocycles. The summed E-state index contributed by atoms with van der Waals surface area (Å²) in [6.07, 6.45) is -0.973. The highest BCUT2D eigenvalue weighted by atomic mass is 32.2. The van der Waals surface area contributed by atoms with Crippen molar-refractivity contribution in [3.05, 3.63) is 47.3 Å². The molecule has 1 aromatic heterocycles. The molecule has 1 aromatic carbocycles. The van der Waals surface area contributed by atoms with E-state index >= 15 is 0 Å². The topological polar surface area (TPSA) is 66.1 Å². The van der Waals surface area contributed by atoms with Crippen LogP contribution in [0.1, 0.15) is 35.7 Å². The third-order valence-electron chi connectivity index (χ3n) is 4.55. The molecule has 5 nitrogen and oxygen atoms in total. The number of halogens is 3. The van der Waals surface area contributed by atoms with Gasteiger partial charge in [-0.1, -0.05) is 0 Å². The standard InChI is InChI=1S/C15H14F3N3O2S/c16-15(17,18)10-3-5-11(6-4-10)24(22,23)21-8-13-12(7-19-20-13)14(21)9-1-2-9/h3-7,9,14H,1-2,8H2,(H,19,20). The highest BCUT2D eigenvalue weighted by Crippen LogP contribution is 2.50. The molecule has 4 rings (SSSR count). The third-order valence-corrected chi connectivity index (χ3v) is 6.39. The number of fused-ring (bicyclic) bond motifs is 1. The number of aromatic nitrogens is 2. The fraction of sp³-hybridized carbons (Fsp3) is 0.400. The quantitative estimate of drug-likeness (QED) is 0.918. The second-order valence-corrected chi connectivity index (χ2v) is 8.05. The van der Waals surface area contributed by atoms with Crippen LogP contribution in [0, 0.1) is 5.92 Å². The van der Waals surface area contributed by atoms with Crippen LogP contribution < -0.4 is 0 Å². The third kappa shape index (κ3) is 2.42. The van der Waals surface area contributed by atoms with Gasteiger partial charge in [0.15, 0.2) is 0 Å². The summed E-state index contributed by atoms with van der Waals surface area (Å²) in [5.41, 5.74) is 0.756. The van der Waals surface area contributed by atoms with Gasteiger partial charge in [-0.2, -0.15) is 22.6 Å². The van der Waals surface area contributed by atoms with Gasteiger partial charge in [-0.25, -0.2) is 8.42 Å². The number of rotatable bonds is 3. The highest BCUT2D eigenvalue weighted by Gasteiger charge is 2.47. The van der Waals surface area contributed by atoms with Crippen molar-refractivity contribution < 1.29 is 21.6 Å². The lowest BCUT2D eigenvalue weighted by atomic mass is 10.1. The number of hydrogen-bond donors (Lipinski definition) is 1. The van der Waals surface area contributed by atoms with E-state index in [9.17, 15) is 21.6 Å². The van der Waals surface area contributed by atoms with Crippen molar-refractivity contribution in [2.45, 2.75) is 36.5 Å². The first kappa shape index (κ1) is 15.6. The summed E-state index contributed by atoms with van der Waals surface area (Å²) >= 11 is 0. The van der Waals surface area contributed by atoms with E-state index in [2.05, 4.69) is 10.2 Å². The van der Waals surface area contributed by atoms with Crippen LogP contribution in [-0.2, 0) is 22.7 Å². The van der Waals surface area contributed by atoms with Gasteiger partial charge >= 0.3 is 6.18 Å². The van der Waals surface area contributed by atoms with Gasteiger partial charge in [0.2, 0.25) is 10.0 Å². The molecule has 0 bridgehead atoms. The molecule has 1 aliphatic heterocycles. The Balaban J connectivity index is 1.69.